The SMILES string of the molecule is CCn1c(CC(N)c2ccoc2Cl)nc2ccccc21. The lowest BCUT2D eigenvalue weighted by Crippen LogP contribution is -2.16. The highest BCUT2D eigenvalue weighted by atomic mass is 35.5. The summed E-state index contributed by atoms with van der Waals surface area (Å²) < 4.78 is 7.28. The molecule has 0 saturated heterocycles. The molecule has 3 aromatic rings. The summed E-state index contributed by atoms with van der Waals surface area (Å²) in [5, 5.41) is 0.358. The van der Waals surface area contributed by atoms with E-state index in [9.17, 15) is 0 Å². The van der Waals surface area contributed by atoms with Gasteiger partial charge in [0, 0.05) is 24.6 Å². The van der Waals surface area contributed by atoms with Crippen LogP contribution < -0.4 is 5.73 Å². The monoisotopic (exact) mass is 289 g/mol. The van der Waals surface area contributed by atoms with Crippen molar-refractivity contribution in [2.24, 2.45) is 5.73 Å². The molecule has 0 amide bonds. The predicted octanol–water partition coefficient (Wildman–Crippen LogP) is 3.55. The second-order valence-corrected chi connectivity index (χ2v) is 5.06. The molecule has 0 aliphatic heterocycles. The topological polar surface area (TPSA) is 57.0 Å². The number of benzene rings is 1. The van der Waals surface area contributed by atoms with Gasteiger partial charge in [-0.1, -0.05) is 12.1 Å². The number of fused-ring (bicyclic) bond motifs is 1. The maximum atomic E-state index is 6.22. The molecule has 0 fully saturated rings. The molecule has 5 heteroatoms. The summed E-state index contributed by atoms with van der Waals surface area (Å²) in [7, 11) is 0. The summed E-state index contributed by atoms with van der Waals surface area (Å²) >= 11 is 5.98. The summed E-state index contributed by atoms with van der Waals surface area (Å²) in [6, 6.07) is 9.70. The smallest absolute Gasteiger partial charge is 0.197 e. The van der Waals surface area contributed by atoms with Crippen LogP contribution in [0, 0.1) is 0 Å². The van der Waals surface area contributed by atoms with Crippen LogP contribution >= 0.6 is 11.6 Å². The number of aromatic nitrogens is 2. The van der Waals surface area contributed by atoms with Crippen LogP contribution in [0.5, 0.6) is 0 Å². The maximum Gasteiger partial charge on any atom is 0.197 e. The lowest BCUT2D eigenvalue weighted by molar-refractivity contribution is 0.557. The van der Waals surface area contributed by atoms with E-state index in [0.29, 0.717) is 11.6 Å². The Bertz CT molecular complexity index is 732. The van der Waals surface area contributed by atoms with Gasteiger partial charge in [0.15, 0.2) is 5.22 Å². The fraction of sp³-hybridized carbons (Fsp3) is 0.267. The second kappa shape index (κ2) is 5.31. The van der Waals surface area contributed by atoms with E-state index in [1.54, 1.807) is 6.26 Å². The Morgan fingerprint density at radius 2 is 2.15 bits per heavy atom. The fourth-order valence-corrected chi connectivity index (χ4v) is 2.77. The number of nitrogens with two attached hydrogens (primary N) is 1. The van der Waals surface area contributed by atoms with Crippen LogP contribution in [-0.2, 0) is 13.0 Å². The lowest BCUT2D eigenvalue weighted by atomic mass is 10.1. The van der Waals surface area contributed by atoms with Gasteiger partial charge in [-0.2, -0.15) is 0 Å². The number of aryl methyl sites for hydroxylation is 1. The minimum absolute atomic E-state index is 0.219. The van der Waals surface area contributed by atoms with Gasteiger partial charge >= 0.3 is 0 Å². The van der Waals surface area contributed by atoms with E-state index in [1.807, 2.05) is 24.3 Å². The fourth-order valence-electron chi connectivity index (χ4n) is 2.51. The second-order valence-electron chi connectivity index (χ2n) is 4.72. The quantitative estimate of drug-likeness (QED) is 0.799. The summed E-state index contributed by atoms with van der Waals surface area (Å²) in [4.78, 5) is 4.67. The molecule has 0 bridgehead atoms. The van der Waals surface area contributed by atoms with E-state index in [4.69, 9.17) is 21.8 Å². The van der Waals surface area contributed by atoms with Gasteiger partial charge in [0.1, 0.15) is 5.82 Å². The van der Waals surface area contributed by atoms with Crippen molar-refractivity contribution in [3.8, 4) is 0 Å². The van der Waals surface area contributed by atoms with Gasteiger partial charge in [0.05, 0.1) is 17.3 Å². The number of imidazole rings is 1. The number of hydrogen-bond donors (Lipinski definition) is 1. The molecule has 0 spiro atoms. The van der Waals surface area contributed by atoms with Crippen LogP contribution in [0.15, 0.2) is 41.0 Å². The first-order valence-corrected chi connectivity index (χ1v) is 7.01. The third kappa shape index (κ3) is 2.21. The van der Waals surface area contributed by atoms with E-state index in [1.165, 1.54) is 0 Å². The number of halogens is 1. The van der Waals surface area contributed by atoms with Crippen LogP contribution in [0.1, 0.15) is 24.4 Å². The average Bonchev–Trinajstić information content (AvgIpc) is 3.01. The molecule has 2 N–H and O–H groups in total. The predicted molar refractivity (Wildman–Crippen MR) is 79.8 cm³/mol. The largest absolute Gasteiger partial charge is 0.453 e. The highest BCUT2D eigenvalue weighted by Crippen LogP contribution is 2.26. The lowest BCUT2D eigenvalue weighted by Gasteiger charge is -2.11. The molecule has 2 heterocycles. The Kier molecular flexibility index (Phi) is 3.51. The van der Waals surface area contributed by atoms with Crippen molar-refractivity contribution < 1.29 is 4.42 Å². The van der Waals surface area contributed by atoms with Gasteiger partial charge in [-0.3, -0.25) is 0 Å². The van der Waals surface area contributed by atoms with Crippen LogP contribution in [0.25, 0.3) is 11.0 Å². The van der Waals surface area contributed by atoms with Gasteiger partial charge < -0.3 is 14.7 Å². The van der Waals surface area contributed by atoms with Gasteiger partial charge in [0.2, 0.25) is 0 Å². The van der Waals surface area contributed by atoms with E-state index < -0.39 is 0 Å². The molecule has 0 saturated carbocycles. The molecule has 2 aromatic heterocycles. The molecule has 0 radical (unpaired) electrons. The van der Waals surface area contributed by atoms with Gasteiger partial charge in [-0.25, -0.2) is 4.98 Å². The third-order valence-corrected chi connectivity index (χ3v) is 3.81. The molecule has 1 aromatic carbocycles. The van der Waals surface area contributed by atoms with Crippen molar-refractivity contribution in [3.05, 3.63) is 53.2 Å². The molecule has 0 aliphatic carbocycles. The summed E-state index contributed by atoms with van der Waals surface area (Å²) in [5.41, 5.74) is 9.17. The molecular weight excluding hydrogens is 274 g/mol. The van der Waals surface area contributed by atoms with Crippen LogP contribution in [0.2, 0.25) is 5.22 Å². The van der Waals surface area contributed by atoms with Gasteiger partial charge in [-0.05, 0) is 36.7 Å². The normalized spacial score (nSPS) is 12.9. The molecule has 1 atom stereocenters. The Morgan fingerprint density at radius 1 is 1.35 bits per heavy atom. The van der Waals surface area contributed by atoms with Crippen LogP contribution in [-0.4, -0.2) is 9.55 Å². The van der Waals surface area contributed by atoms with Crippen molar-refractivity contribution in [2.75, 3.05) is 0 Å². The number of hydrogen-bond acceptors (Lipinski definition) is 3. The number of nitrogens with zero attached hydrogens (tertiary/aromatic N) is 2. The van der Waals surface area contributed by atoms with Crippen molar-refractivity contribution in [2.45, 2.75) is 25.9 Å². The van der Waals surface area contributed by atoms with Gasteiger partial charge in [0.25, 0.3) is 0 Å². The third-order valence-electron chi connectivity index (χ3n) is 3.50. The standard InChI is InChI=1S/C15H16ClN3O/c1-2-19-13-6-4-3-5-12(13)18-14(19)9-11(17)10-7-8-20-15(10)16/h3-8,11H,2,9,17H2,1H3. The first kappa shape index (κ1) is 13.2. The zero-order valence-corrected chi connectivity index (χ0v) is 12.0. The first-order valence-electron chi connectivity index (χ1n) is 6.63. The molecular formula is C15H16ClN3O. The van der Waals surface area contributed by atoms with Crippen molar-refractivity contribution >= 4 is 22.6 Å². The minimum atomic E-state index is -0.219. The number of para-hydroxylation sites is 2. The van der Waals surface area contributed by atoms with Crippen molar-refractivity contribution in [1.82, 2.24) is 9.55 Å². The van der Waals surface area contributed by atoms with Crippen molar-refractivity contribution in [1.29, 1.82) is 0 Å². The molecule has 0 aliphatic rings. The number of furan rings is 1. The Labute approximate surface area is 122 Å². The zero-order chi connectivity index (χ0) is 14.1. The van der Waals surface area contributed by atoms with Gasteiger partial charge in [-0.15, -0.1) is 0 Å². The highest BCUT2D eigenvalue weighted by Gasteiger charge is 2.17. The molecule has 1 unspecified atom stereocenters. The van der Waals surface area contributed by atoms with Crippen LogP contribution in [0.4, 0.5) is 0 Å². The summed E-state index contributed by atoms with van der Waals surface area (Å²) in [6.07, 6.45) is 2.18. The maximum absolute atomic E-state index is 6.22. The molecule has 20 heavy (non-hydrogen) atoms. The van der Waals surface area contributed by atoms with E-state index >= 15 is 0 Å². The summed E-state index contributed by atoms with van der Waals surface area (Å²) in [6.45, 7) is 2.97. The molecule has 3 rings (SSSR count). The Balaban J connectivity index is 1.96. The zero-order valence-electron chi connectivity index (χ0n) is 11.2. The number of rotatable bonds is 4. The van der Waals surface area contributed by atoms with E-state index in [2.05, 4.69) is 22.5 Å². The van der Waals surface area contributed by atoms with Crippen molar-refractivity contribution in [3.63, 3.8) is 0 Å². The first-order chi connectivity index (χ1) is 9.70. The minimum Gasteiger partial charge on any atom is -0.453 e. The molecule has 4 nitrogen and oxygen atoms in total. The Morgan fingerprint density at radius 3 is 2.85 bits per heavy atom. The van der Waals surface area contributed by atoms with E-state index in [-0.39, 0.29) is 6.04 Å². The molecule has 104 valence electrons. The Hall–Kier alpha value is -1.78. The highest BCUT2D eigenvalue weighted by molar-refractivity contribution is 6.29. The summed E-state index contributed by atoms with van der Waals surface area (Å²) in [5.74, 6) is 0.971. The van der Waals surface area contributed by atoms with E-state index in [0.717, 1.165) is 29.0 Å². The average molecular weight is 290 g/mol. The van der Waals surface area contributed by atoms with Crippen LogP contribution in [0.3, 0.4) is 0 Å².